The zero-order chi connectivity index (χ0) is 23.2. The third-order valence-electron chi connectivity index (χ3n) is 5.81. The molecule has 0 saturated heterocycles. The van der Waals surface area contributed by atoms with Crippen molar-refractivity contribution in [3.05, 3.63) is 127 Å². The molecular formula is C30H27NO2. The number of benzene rings is 4. The Morgan fingerprint density at radius 1 is 0.788 bits per heavy atom. The van der Waals surface area contributed by atoms with E-state index >= 15 is 0 Å². The molecule has 0 aliphatic heterocycles. The van der Waals surface area contributed by atoms with Gasteiger partial charge in [0, 0.05) is 17.1 Å². The molecule has 3 nitrogen and oxygen atoms in total. The summed E-state index contributed by atoms with van der Waals surface area (Å²) in [5.41, 5.74) is 7.35. The molecule has 3 heteroatoms. The molecule has 4 aromatic rings. The highest BCUT2D eigenvalue weighted by atomic mass is 16.3. The van der Waals surface area contributed by atoms with E-state index in [9.17, 15) is 9.90 Å². The summed E-state index contributed by atoms with van der Waals surface area (Å²) >= 11 is 0. The topological polar surface area (TPSA) is 40.5 Å². The molecule has 33 heavy (non-hydrogen) atoms. The molecule has 0 fully saturated rings. The summed E-state index contributed by atoms with van der Waals surface area (Å²) in [6.07, 6.45) is 1.27. The number of carbonyl (C=O) groups excluding carboxylic acids is 1. The van der Waals surface area contributed by atoms with Crippen molar-refractivity contribution in [3.8, 4) is 11.1 Å². The maximum Gasteiger partial charge on any atom is 0.164 e. The van der Waals surface area contributed by atoms with Gasteiger partial charge in [-0.1, -0.05) is 78.9 Å². The van der Waals surface area contributed by atoms with Gasteiger partial charge in [0.25, 0.3) is 0 Å². The minimum atomic E-state index is -0.588. The van der Waals surface area contributed by atoms with E-state index in [0.29, 0.717) is 0 Å². The highest BCUT2D eigenvalue weighted by Gasteiger charge is 2.18. The van der Waals surface area contributed by atoms with E-state index in [1.807, 2.05) is 42.5 Å². The summed E-state index contributed by atoms with van der Waals surface area (Å²) in [4.78, 5) is 14.3. The van der Waals surface area contributed by atoms with Gasteiger partial charge in [-0.05, 0) is 66.1 Å². The SMILES string of the molecule is C=CC(=O)C(CO)c1ccc(N(c2ccc(C)cc2)c2ccc(-c3ccccc3)cc2)cc1. The Kier molecular flexibility index (Phi) is 6.82. The van der Waals surface area contributed by atoms with Gasteiger partial charge in [-0.2, -0.15) is 0 Å². The first-order valence-electron chi connectivity index (χ1n) is 11.0. The van der Waals surface area contributed by atoms with Crippen LogP contribution in [-0.2, 0) is 4.79 Å². The van der Waals surface area contributed by atoms with Gasteiger partial charge in [0.2, 0.25) is 0 Å². The van der Waals surface area contributed by atoms with E-state index in [1.165, 1.54) is 17.2 Å². The number of rotatable bonds is 8. The van der Waals surface area contributed by atoms with Gasteiger partial charge in [-0.3, -0.25) is 4.79 Å². The van der Waals surface area contributed by atoms with Gasteiger partial charge in [0.15, 0.2) is 5.78 Å². The summed E-state index contributed by atoms with van der Waals surface area (Å²) in [6.45, 7) is 5.38. The smallest absolute Gasteiger partial charge is 0.164 e. The van der Waals surface area contributed by atoms with E-state index in [-0.39, 0.29) is 12.4 Å². The molecule has 164 valence electrons. The highest BCUT2D eigenvalue weighted by Crippen LogP contribution is 2.36. The molecule has 0 amide bonds. The number of aliphatic hydroxyl groups is 1. The fraction of sp³-hybridized carbons (Fsp3) is 0.100. The predicted molar refractivity (Wildman–Crippen MR) is 136 cm³/mol. The van der Waals surface area contributed by atoms with Gasteiger partial charge in [-0.25, -0.2) is 0 Å². The van der Waals surface area contributed by atoms with E-state index in [4.69, 9.17) is 0 Å². The number of aliphatic hydroxyl groups excluding tert-OH is 1. The van der Waals surface area contributed by atoms with Crippen LogP contribution in [0.3, 0.4) is 0 Å². The maximum absolute atomic E-state index is 12.1. The van der Waals surface area contributed by atoms with Crippen LogP contribution < -0.4 is 4.90 Å². The molecule has 4 rings (SSSR count). The van der Waals surface area contributed by atoms with Crippen LogP contribution in [0.4, 0.5) is 17.1 Å². The van der Waals surface area contributed by atoms with Crippen LogP contribution in [0.2, 0.25) is 0 Å². The first-order chi connectivity index (χ1) is 16.1. The summed E-state index contributed by atoms with van der Waals surface area (Å²) < 4.78 is 0. The third kappa shape index (κ3) is 4.94. The molecule has 0 radical (unpaired) electrons. The zero-order valence-corrected chi connectivity index (χ0v) is 18.7. The second-order valence-electron chi connectivity index (χ2n) is 8.02. The molecular weight excluding hydrogens is 406 g/mol. The first kappa shape index (κ1) is 22.3. The van der Waals surface area contributed by atoms with Gasteiger partial charge < -0.3 is 10.0 Å². The van der Waals surface area contributed by atoms with Crippen molar-refractivity contribution >= 4 is 22.8 Å². The third-order valence-corrected chi connectivity index (χ3v) is 5.81. The lowest BCUT2D eigenvalue weighted by Gasteiger charge is -2.26. The second-order valence-corrected chi connectivity index (χ2v) is 8.02. The molecule has 1 unspecified atom stereocenters. The Morgan fingerprint density at radius 3 is 1.79 bits per heavy atom. The largest absolute Gasteiger partial charge is 0.395 e. The van der Waals surface area contributed by atoms with Gasteiger partial charge in [-0.15, -0.1) is 0 Å². The quantitative estimate of drug-likeness (QED) is 0.305. The standard InChI is InChI=1S/C30H27NO2/c1-3-30(33)29(21-32)25-13-19-28(20-14-25)31(26-15-9-22(2)10-16-26)27-17-11-24(12-18-27)23-7-5-4-6-8-23/h3-20,29,32H,1,21H2,2H3. The number of hydrogen-bond acceptors (Lipinski definition) is 3. The van der Waals surface area contributed by atoms with Crippen LogP contribution >= 0.6 is 0 Å². The van der Waals surface area contributed by atoms with Crippen LogP contribution in [0.5, 0.6) is 0 Å². The average molecular weight is 434 g/mol. The number of anilines is 3. The molecule has 0 aliphatic rings. The number of nitrogens with zero attached hydrogens (tertiary/aromatic N) is 1. The van der Waals surface area contributed by atoms with Crippen LogP contribution in [-0.4, -0.2) is 17.5 Å². The maximum atomic E-state index is 12.1. The van der Waals surface area contributed by atoms with Crippen molar-refractivity contribution in [2.45, 2.75) is 12.8 Å². The number of carbonyl (C=O) groups is 1. The summed E-state index contributed by atoms with van der Waals surface area (Å²) in [5.74, 6) is -0.772. The summed E-state index contributed by atoms with van der Waals surface area (Å²) in [7, 11) is 0. The minimum Gasteiger partial charge on any atom is -0.395 e. The number of allylic oxidation sites excluding steroid dienone is 1. The average Bonchev–Trinajstić information content (AvgIpc) is 2.87. The Morgan fingerprint density at radius 2 is 1.27 bits per heavy atom. The number of aryl methyl sites for hydroxylation is 1. The minimum absolute atomic E-state index is 0.183. The highest BCUT2D eigenvalue weighted by molar-refractivity contribution is 5.95. The van der Waals surface area contributed by atoms with E-state index in [0.717, 1.165) is 28.2 Å². The molecule has 0 bridgehead atoms. The van der Waals surface area contributed by atoms with Crippen molar-refractivity contribution in [3.63, 3.8) is 0 Å². The molecule has 1 atom stereocenters. The van der Waals surface area contributed by atoms with Crippen LogP contribution in [0.25, 0.3) is 11.1 Å². The van der Waals surface area contributed by atoms with Crippen molar-refractivity contribution in [1.29, 1.82) is 0 Å². The van der Waals surface area contributed by atoms with E-state index in [2.05, 4.69) is 79.1 Å². The lowest BCUT2D eigenvalue weighted by Crippen LogP contribution is -2.14. The molecule has 0 heterocycles. The second kappa shape index (κ2) is 10.1. The fourth-order valence-electron chi connectivity index (χ4n) is 3.93. The summed E-state index contributed by atoms with van der Waals surface area (Å²) in [6, 6.07) is 35.0. The molecule has 0 aliphatic carbocycles. The van der Waals surface area contributed by atoms with Gasteiger partial charge in [0.05, 0.1) is 12.5 Å². The Bertz CT molecular complexity index is 1210. The lowest BCUT2D eigenvalue weighted by atomic mass is 9.95. The number of hydrogen-bond donors (Lipinski definition) is 1. The van der Waals surface area contributed by atoms with Crippen molar-refractivity contribution in [2.24, 2.45) is 0 Å². The molecule has 0 aromatic heterocycles. The van der Waals surface area contributed by atoms with Crippen molar-refractivity contribution in [1.82, 2.24) is 0 Å². The normalized spacial score (nSPS) is 11.6. The molecule has 1 N–H and O–H groups in total. The Hall–Kier alpha value is -3.95. The monoisotopic (exact) mass is 433 g/mol. The van der Waals surface area contributed by atoms with Crippen LogP contribution in [0.15, 0.2) is 116 Å². The van der Waals surface area contributed by atoms with E-state index < -0.39 is 5.92 Å². The van der Waals surface area contributed by atoms with Gasteiger partial charge in [0.1, 0.15) is 0 Å². The predicted octanol–water partition coefficient (Wildman–Crippen LogP) is 6.96. The number of ketones is 1. The van der Waals surface area contributed by atoms with Crippen LogP contribution in [0.1, 0.15) is 17.0 Å². The Labute approximate surface area is 195 Å². The molecule has 0 spiro atoms. The van der Waals surface area contributed by atoms with Crippen LogP contribution in [0, 0.1) is 6.92 Å². The van der Waals surface area contributed by atoms with Crippen molar-refractivity contribution in [2.75, 3.05) is 11.5 Å². The fourth-order valence-corrected chi connectivity index (χ4v) is 3.93. The van der Waals surface area contributed by atoms with E-state index in [1.54, 1.807) is 0 Å². The molecule has 4 aromatic carbocycles. The zero-order valence-electron chi connectivity index (χ0n) is 18.7. The molecule has 0 saturated carbocycles. The van der Waals surface area contributed by atoms with Gasteiger partial charge >= 0.3 is 0 Å². The first-order valence-corrected chi connectivity index (χ1v) is 11.0. The van der Waals surface area contributed by atoms with Crippen molar-refractivity contribution < 1.29 is 9.90 Å². The summed E-state index contributed by atoms with van der Waals surface area (Å²) in [5, 5.41) is 9.68. The lowest BCUT2D eigenvalue weighted by molar-refractivity contribution is -0.116. The Balaban J connectivity index is 1.72.